The molecule has 0 aliphatic carbocycles. The summed E-state index contributed by atoms with van der Waals surface area (Å²) >= 11 is 0. The fourth-order valence-corrected chi connectivity index (χ4v) is 3.74. The molecule has 4 nitrogen and oxygen atoms in total. The zero-order chi connectivity index (χ0) is 23.2. The lowest BCUT2D eigenvalue weighted by Gasteiger charge is -2.33. The maximum absolute atomic E-state index is 12.1. The third-order valence-corrected chi connectivity index (χ3v) is 5.96. The molecule has 0 heterocycles. The first-order valence-corrected chi connectivity index (χ1v) is 13.1. The first-order chi connectivity index (χ1) is 15.0. The molecule has 0 bridgehead atoms. The molecule has 0 aromatic heterocycles. The smallest absolute Gasteiger partial charge is 0.219 e. The first kappa shape index (κ1) is 30.2. The molecule has 0 unspecified atom stereocenters. The molecule has 0 aromatic carbocycles. The van der Waals surface area contributed by atoms with Crippen LogP contribution in [0.1, 0.15) is 129 Å². The van der Waals surface area contributed by atoms with E-state index in [1.54, 1.807) is 6.08 Å². The lowest BCUT2D eigenvalue weighted by Crippen LogP contribution is -2.59. The van der Waals surface area contributed by atoms with Crippen molar-refractivity contribution in [2.45, 2.75) is 141 Å². The number of rotatable bonds is 22. The van der Waals surface area contributed by atoms with Crippen molar-refractivity contribution in [3.8, 4) is 0 Å². The maximum atomic E-state index is 12.1. The lowest BCUT2D eigenvalue weighted by atomic mass is 9.73. The second kappa shape index (κ2) is 21.1. The largest absolute Gasteiger partial charge is 0.395 e. The zero-order valence-electron chi connectivity index (χ0n) is 20.5. The Bertz CT molecular complexity index is 444. The maximum Gasteiger partial charge on any atom is 0.219 e. The number of carbonyl (C=O) groups excluding carboxylic acids is 1. The highest BCUT2D eigenvalue weighted by molar-refractivity contribution is 6.17. The fourth-order valence-electron chi connectivity index (χ4n) is 3.74. The van der Waals surface area contributed by atoms with E-state index < -0.39 is 18.1 Å². The molecule has 5 heteroatoms. The summed E-state index contributed by atoms with van der Waals surface area (Å²) in [6, 6.07) is 0. The van der Waals surface area contributed by atoms with E-state index in [1.165, 1.54) is 77.0 Å². The van der Waals surface area contributed by atoms with Gasteiger partial charge in [-0.2, -0.15) is 0 Å². The number of carbonyl (C=O) groups is 1. The van der Waals surface area contributed by atoms with E-state index in [1.807, 2.05) is 6.08 Å². The van der Waals surface area contributed by atoms with Gasteiger partial charge in [0.25, 0.3) is 0 Å². The molecular weight excluding hydrogens is 385 g/mol. The van der Waals surface area contributed by atoms with Crippen LogP contribution in [0.2, 0.25) is 0 Å². The molecule has 0 rings (SSSR count). The number of unbranched alkanes of at least 4 members (excludes halogenated alkanes) is 15. The number of aliphatic hydroxyl groups is 2. The van der Waals surface area contributed by atoms with Crippen molar-refractivity contribution in [3.63, 3.8) is 0 Å². The molecule has 2 radical (unpaired) electrons. The van der Waals surface area contributed by atoms with Gasteiger partial charge in [0.05, 0.1) is 18.1 Å². The average Bonchev–Trinajstić information content (AvgIpc) is 2.76. The van der Waals surface area contributed by atoms with Crippen LogP contribution in [0.4, 0.5) is 0 Å². The number of hydrogen-bond acceptors (Lipinski definition) is 3. The standard InChI is InChI=1S/C26H50BNO3/c1-3-5-7-9-10-11-12-13-14-15-16-18-19-21-24(30)26(27,23-29)28-25(31)22-20-17-8-6-4-2/h19,21,24,29-30H,3-18,20,22-23H2,1-2H3,(H,28,31)/b21-19+/t24-,26+/m1/s1. The van der Waals surface area contributed by atoms with Crippen LogP contribution >= 0.6 is 0 Å². The number of hydrogen-bond donors (Lipinski definition) is 3. The molecular formula is C26H50BNO3. The van der Waals surface area contributed by atoms with Gasteiger partial charge in [0.2, 0.25) is 5.91 Å². The number of allylic oxidation sites excluding steroid dienone is 1. The third kappa shape index (κ3) is 17.4. The van der Waals surface area contributed by atoms with Crippen LogP contribution in [0.3, 0.4) is 0 Å². The van der Waals surface area contributed by atoms with Crippen molar-refractivity contribution in [2.75, 3.05) is 6.61 Å². The Morgan fingerprint density at radius 1 is 0.839 bits per heavy atom. The van der Waals surface area contributed by atoms with Gasteiger partial charge >= 0.3 is 0 Å². The second-order valence-corrected chi connectivity index (χ2v) is 9.11. The van der Waals surface area contributed by atoms with Crippen LogP contribution in [0.25, 0.3) is 0 Å². The molecule has 1 amide bonds. The molecule has 0 aliphatic rings. The summed E-state index contributed by atoms with van der Waals surface area (Å²) in [5.74, 6) is -0.217. The normalized spacial score (nSPS) is 14.6. The molecule has 0 saturated heterocycles. The second-order valence-electron chi connectivity index (χ2n) is 9.11. The monoisotopic (exact) mass is 435 g/mol. The minimum Gasteiger partial charge on any atom is -0.395 e. The van der Waals surface area contributed by atoms with Crippen molar-refractivity contribution in [3.05, 3.63) is 12.2 Å². The number of aliphatic hydroxyl groups excluding tert-OH is 2. The predicted octanol–water partition coefficient (Wildman–Crippen LogP) is 5.94. The quantitative estimate of drug-likeness (QED) is 0.112. The van der Waals surface area contributed by atoms with Gasteiger partial charge in [-0.1, -0.05) is 116 Å². The summed E-state index contributed by atoms with van der Waals surface area (Å²) < 4.78 is 0. The van der Waals surface area contributed by atoms with Crippen molar-refractivity contribution < 1.29 is 15.0 Å². The van der Waals surface area contributed by atoms with E-state index in [4.69, 9.17) is 7.85 Å². The van der Waals surface area contributed by atoms with Gasteiger partial charge in [-0.25, -0.2) is 0 Å². The van der Waals surface area contributed by atoms with Gasteiger partial charge in [-0.15, -0.1) is 0 Å². The highest BCUT2D eigenvalue weighted by atomic mass is 16.3. The minimum atomic E-state index is -1.52. The third-order valence-electron chi connectivity index (χ3n) is 5.96. The Hall–Kier alpha value is -0.805. The predicted molar refractivity (Wildman–Crippen MR) is 133 cm³/mol. The summed E-state index contributed by atoms with van der Waals surface area (Å²) in [5.41, 5.74) is -1.52. The summed E-state index contributed by atoms with van der Waals surface area (Å²) in [6.45, 7) is 3.91. The number of amides is 1. The van der Waals surface area contributed by atoms with Crippen molar-refractivity contribution in [1.82, 2.24) is 5.32 Å². The van der Waals surface area contributed by atoms with Crippen LogP contribution in [0, 0.1) is 0 Å². The van der Waals surface area contributed by atoms with Gasteiger partial charge in [-0.05, 0) is 19.3 Å². The van der Waals surface area contributed by atoms with E-state index in [9.17, 15) is 15.0 Å². The summed E-state index contributed by atoms with van der Waals surface area (Å²) in [6.07, 6.45) is 23.3. The molecule has 3 N–H and O–H groups in total. The van der Waals surface area contributed by atoms with Crippen LogP contribution in [0.15, 0.2) is 12.2 Å². The Balaban J connectivity index is 3.88. The number of nitrogens with one attached hydrogen (secondary N) is 1. The summed E-state index contributed by atoms with van der Waals surface area (Å²) in [7, 11) is 6.06. The van der Waals surface area contributed by atoms with E-state index in [0.29, 0.717) is 6.42 Å². The van der Waals surface area contributed by atoms with Crippen LogP contribution in [0.5, 0.6) is 0 Å². The molecule has 2 atom stereocenters. The van der Waals surface area contributed by atoms with Gasteiger partial charge in [0.15, 0.2) is 0 Å². The first-order valence-electron chi connectivity index (χ1n) is 13.1. The Morgan fingerprint density at radius 3 is 1.77 bits per heavy atom. The molecule has 0 aromatic rings. The Morgan fingerprint density at radius 2 is 1.29 bits per heavy atom. The lowest BCUT2D eigenvalue weighted by molar-refractivity contribution is -0.123. The van der Waals surface area contributed by atoms with Gasteiger partial charge in [-0.3, -0.25) is 4.79 Å². The van der Waals surface area contributed by atoms with E-state index in [2.05, 4.69) is 19.2 Å². The summed E-state index contributed by atoms with van der Waals surface area (Å²) in [4.78, 5) is 12.1. The van der Waals surface area contributed by atoms with Crippen LogP contribution < -0.4 is 5.32 Å². The van der Waals surface area contributed by atoms with Crippen molar-refractivity contribution >= 4 is 13.8 Å². The highest BCUT2D eigenvalue weighted by Gasteiger charge is 2.31. The van der Waals surface area contributed by atoms with E-state index in [-0.39, 0.29) is 5.91 Å². The molecule has 0 saturated carbocycles. The highest BCUT2D eigenvalue weighted by Crippen LogP contribution is 2.13. The van der Waals surface area contributed by atoms with E-state index >= 15 is 0 Å². The Labute approximate surface area is 194 Å². The molecule has 0 fully saturated rings. The Kier molecular flexibility index (Phi) is 20.5. The topological polar surface area (TPSA) is 69.6 Å². The molecule has 180 valence electrons. The molecule has 0 aliphatic heterocycles. The van der Waals surface area contributed by atoms with Crippen LogP contribution in [-0.4, -0.2) is 42.1 Å². The van der Waals surface area contributed by atoms with Gasteiger partial charge in [0.1, 0.15) is 7.85 Å². The van der Waals surface area contributed by atoms with Crippen molar-refractivity contribution in [1.29, 1.82) is 0 Å². The zero-order valence-corrected chi connectivity index (χ0v) is 20.5. The average molecular weight is 436 g/mol. The SMILES string of the molecule is [B][C@@](CO)(NC(=O)CCCCCCC)[C@H](O)/C=C/CCCCCCCCCCCCC. The van der Waals surface area contributed by atoms with Gasteiger partial charge < -0.3 is 15.5 Å². The fraction of sp³-hybridized carbons (Fsp3) is 0.885. The van der Waals surface area contributed by atoms with Gasteiger partial charge in [0, 0.05) is 6.42 Å². The summed E-state index contributed by atoms with van der Waals surface area (Å²) in [5, 5.41) is 22.6. The van der Waals surface area contributed by atoms with Crippen molar-refractivity contribution in [2.24, 2.45) is 0 Å². The van der Waals surface area contributed by atoms with Crippen LogP contribution in [-0.2, 0) is 4.79 Å². The minimum absolute atomic E-state index is 0.217. The molecule has 31 heavy (non-hydrogen) atoms. The van der Waals surface area contributed by atoms with E-state index in [0.717, 1.165) is 32.1 Å². The molecule has 0 spiro atoms.